The second kappa shape index (κ2) is 7.96. The maximum absolute atomic E-state index is 12.7. The molecule has 2 aromatic rings. The Labute approximate surface area is 143 Å². The molecule has 0 aliphatic carbocycles. The predicted molar refractivity (Wildman–Crippen MR) is 94.0 cm³/mol. The van der Waals surface area contributed by atoms with Crippen LogP contribution in [0.1, 0.15) is 26.7 Å². The quantitative estimate of drug-likeness (QED) is 0.612. The number of hydrogen-bond donors (Lipinski definition) is 2. The number of amides is 3. The maximum Gasteiger partial charge on any atom is 0.318 e. The van der Waals surface area contributed by atoms with E-state index in [1.165, 1.54) is 0 Å². The highest BCUT2D eigenvalue weighted by molar-refractivity contribution is 8.00. The van der Waals surface area contributed by atoms with Crippen molar-refractivity contribution < 1.29 is 9.59 Å². The molecule has 3 amide bonds. The fourth-order valence-electron chi connectivity index (χ4n) is 2.19. The zero-order chi connectivity index (χ0) is 17.7. The van der Waals surface area contributed by atoms with E-state index in [0.29, 0.717) is 22.6 Å². The monoisotopic (exact) mass is 348 g/mol. The van der Waals surface area contributed by atoms with Crippen molar-refractivity contribution in [1.82, 2.24) is 14.9 Å². The Kier molecular flexibility index (Phi) is 5.97. The highest BCUT2D eigenvalue weighted by Gasteiger charge is 2.20. The number of urea groups is 1. The first-order valence-corrected chi connectivity index (χ1v) is 8.58. The molecule has 1 heterocycles. The number of aromatic nitrogens is 2. The molecule has 24 heavy (non-hydrogen) atoms. The van der Waals surface area contributed by atoms with E-state index < -0.39 is 17.2 Å². The summed E-state index contributed by atoms with van der Waals surface area (Å²) < 4.78 is 1.59. The van der Waals surface area contributed by atoms with Crippen LogP contribution in [0.2, 0.25) is 0 Å². The Morgan fingerprint density at radius 2 is 2.08 bits per heavy atom. The minimum absolute atomic E-state index is 0.126. The molecule has 0 bridgehead atoms. The average molecular weight is 348 g/mol. The van der Waals surface area contributed by atoms with Crippen molar-refractivity contribution in [1.29, 1.82) is 0 Å². The Bertz CT molecular complexity index is 819. The van der Waals surface area contributed by atoms with E-state index in [1.807, 2.05) is 18.3 Å². The van der Waals surface area contributed by atoms with E-state index in [1.54, 1.807) is 29.7 Å². The molecule has 1 aromatic carbocycles. The highest BCUT2D eigenvalue weighted by atomic mass is 32.2. The van der Waals surface area contributed by atoms with Gasteiger partial charge in [0.25, 0.3) is 5.56 Å². The first kappa shape index (κ1) is 18.0. The van der Waals surface area contributed by atoms with Crippen LogP contribution in [0.4, 0.5) is 4.79 Å². The molecule has 3 N–H and O–H groups in total. The molecule has 1 aromatic heterocycles. The van der Waals surface area contributed by atoms with Gasteiger partial charge >= 0.3 is 6.03 Å². The number of carbonyl (C=O) groups is 2. The van der Waals surface area contributed by atoms with Crippen LogP contribution in [0.5, 0.6) is 0 Å². The lowest BCUT2D eigenvalue weighted by molar-refractivity contribution is -0.119. The van der Waals surface area contributed by atoms with Gasteiger partial charge in [0, 0.05) is 6.54 Å². The number of imide groups is 1. The molecule has 7 nitrogen and oxygen atoms in total. The van der Waals surface area contributed by atoms with E-state index in [-0.39, 0.29) is 5.56 Å². The van der Waals surface area contributed by atoms with Gasteiger partial charge in [-0.3, -0.25) is 19.5 Å². The van der Waals surface area contributed by atoms with Gasteiger partial charge < -0.3 is 5.73 Å². The topological polar surface area (TPSA) is 107 Å². The fraction of sp³-hybridized carbons (Fsp3) is 0.375. The number of hydrogen-bond acceptors (Lipinski definition) is 5. The van der Waals surface area contributed by atoms with Crippen molar-refractivity contribution in [3.8, 4) is 0 Å². The van der Waals surface area contributed by atoms with Crippen molar-refractivity contribution in [3.63, 3.8) is 0 Å². The van der Waals surface area contributed by atoms with Crippen LogP contribution in [0, 0.1) is 0 Å². The second-order valence-electron chi connectivity index (χ2n) is 5.34. The van der Waals surface area contributed by atoms with E-state index >= 15 is 0 Å². The van der Waals surface area contributed by atoms with Crippen LogP contribution < -0.4 is 16.6 Å². The number of nitrogens with one attached hydrogen (secondary N) is 1. The van der Waals surface area contributed by atoms with Crippen molar-refractivity contribution in [2.24, 2.45) is 5.73 Å². The Morgan fingerprint density at radius 1 is 1.38 bits per heavy atom. The third-order valence-electron chi connectivity index (χ3n) is 3.46. The summed E-state index contributed by atoms with van der Waals surface area (Å²) in [7, 11) is 0. The molecule has 0 aliphatic heterocycles. The smallest absolute Gasteiger partial charge is 0.318 e. The zero-order valence-electron chi connectivity index (χ0n) is 13.6. The number of thioether (sulfide) groups is 1. The number of primary amides is 1. The molecule has 2 rings (SSSR count). The Morgan fingerprint density at radius 3 is 2.75 bits per heavy atom. The summed E-state index contributed by atoms with van der Waals surface area (Å²) >= 11 is 1.13. The van der Waals surface area contributed by atoms with Crippen LogP contribution in [0.3, 0.4) is 0 Å². The Balaban J connectivity index is 2.41. The van der Waals surface area contributed by atoms with E-state index in [4.69, 9.17) is 5.73 Å². The predicted octanol–water partition coefficient (Wildman–Crippen LogP) is 1.87. The van der Waals surface area contributed by atoms with E-state index in [9.17, 15) is 14.4 Å². The number of nitrogens with zero attached hydrogens (tertiary/aromatic N) is 2. The zero-order valence-corrected chi connectivity index (χ0v) is 14.4. The van der Waals surface area contributed by atoms with Crippen LogP contribution in [-0.2, 0) is 11.3 Å². The lowest BCUT2D eigenvalue weighted by Gasteiger charge is -2.15. The fourth-order valence-corrected chi connectivity index (χ4v) is 3.12. The molecule has 0 radical (unpaired) electrons. The minimum atomic E-state index is -0.901. The average Bonchev–Trinajstić information content (AvgIpc) is 2.54. The van der Waals surface area contributed by atoms with Gasteiger partial charge in [0.1, 0.15) is 0 Å². The normalized spacial score (nSPS) is 12.1. The summed E-state index contributed by atoms with van der Waals surface area (Å²) in [5, 5.41) is 2.43. The molecule has 0 spiro atoms. The van der Waals surface area contributed by atoms with Gasteiger partial charge in [-0.15, -0.1) is 0 Å². The van der Waals surface area contributed by atoms with Gasteiger partial charge in [0.05, 0.1) is 16.2 Å². The summed E-state index contributed by atoms with van der Waals surface area (Å²) in [6.45, 7) is 4.20. The maximum atomic E-state index is 12.7. The number of rotatable bonds is 6. The number of carbonyl (C=O) groups excluding carboxylic acids is 2. The van der Waals surface area contributed by atoms with Crippen LogP contribution >= 0.6 is 11.8 Å². The number of para-hydroxylation sites is 1. The molecule has 0 saturated heterocycles. The molecule has 0 saturated carbocycles. The molecule has 0 unspecified atom stereocenters. The number of fused-ring (bicyclic) bond motifs is 1. The molecule has 8 heteroatoms. The number of nitrogens with two attached hydrogens (primary N) is 1. The third kappa shape index (κ3) is 4.14. The summed E-state index contributed by atoms with van der Waals surface area (Å²) in [5.74, 6) is -0.517. The number of benzene rings is 1. The van der Waals surface area contributed by atoms with Crippen LogP contribution in [-0.4, -0.2) is 26.7 Å². The summed E-state index contributed by atoms with van der Waals surface area (Å²) in [6, 6.07) is 6.21. The molecular weight excluding hydrogens is 328 g/mol. The molecule has 1 atom stereocenters. The van der Waals surface area contributed by atoms with Crippen molar-refractivity contribution in [2.75, 3.05) is 0 Å². The van der Waals surface area contributed by atoms with Gasteiger partial charge in [-0.1, -0.05) is 37.2 Å². The van der Waals surface area contributed by atoms with Crippen molar-refractivity contribution in [2.45, 2.75) is 43.6 Å². The molecular formula is C16H20N4O3S. The summed E-state index contributed by atoms with van der Waals surface area (Å²) in [6.07, 6.45) is 1.76. The van der Waals surface area contributed by atoms with Crippen molar-refractivity contribution in [3.05, 3.63) is 34.6 Å². The first-order valence-electron chi connectivity index (χ1n) is 7.70. The van der Waals surface area contributed by atoms with Gasteiger partial charge in [0.15, 0.2) is 5.16 Å². The van der Waals surface area contributed by atoms with Crippen LogP contribution in [0.25, 0.3) is 10.9 Å². The van der Waals surface area contributed by atoms with Gasteiger partial charge in [-0.25, -0.2) is 9.78 Å². The van der Waals surface area contributed by atoms with Gasteiger partial charge in [-0.2, -0.15) is 0 Å². The third-order valence-corrected chi connectivity index (χ3v) is 4.55. The first-order chi connectivity index (χ1) is 11.4. The van der Waals surface area contributed by atoms with E-state index in [0.717, 1.165) is 24.6 Å². The Hall–Kier alpha value is -2.35. The lowest BCUT2D eigenvalue weighted by atomic mass is 10.2. The summed E-state index contributed by atoms with van der Waals surface area (Å²) in [4.78, 5) is 39.9. The number of unbranched alkanes of at least 4 members (excludes halogenated alkanes) is 1. The minimum Gasteiger partial charge on any atom is -0.351 e. The van der Waals surface area contributed by atoms with E-state index in [2.05, 4.69) is 4.98 Å². The lowest BCUT2D eigenvalue weighted by Crippen LogP contribution is -2.39. The standard InChI is InChI=1S/C16H20N4O3S/c1-3-4-9-20-14(22)11-7-5-6-8-12(11)18-16(20)24-10(2)13(21)19-15(17)23/h5-8,10H,3-4,9H2,1-2H3,(H3,17,19,21,23)/t10-/m0/s1. The molecule has 0 aliphatic rings. The van der Waals surface area contributed by atoms with Gasteiger partial charge in [0.2, 0.25) is 5.91 Å². The summed E-state index contributed by atoms with van der Waals surface area (Å²) in [5.41, 5.74) is 5.43. The van der Waals surface area contributed by atoms with Crippen molar-refractivity contribution >= 4 is 34.6 Å². The second-order valence-corrected chi connectivity index (χ2v) is 6.64. The highest BCUT2D eigenvalue weighted by Crippen LogP contribution is 2.23. The van der Waals surface area contributed by atoms with Gasteiger partial charge in [-0.05, 0) is 25.5 Å². The SMILES string of the molecule is CCCCn1c(S[C@@H](C)C(=O)NC(N)=O)nc2ccccc2c1=O. The molecule has 0 fully saturated rings. The molecule has 128 valence electrons. The largest absolute Gasteiger partial charge is 0.351 e. The van der Waals surface area contributed by atoms with Crippen LogP contribution in [0.15, 0.2) is 34.2 Å².